The second-order valence-corrected chi connectivity index (χ2v) is 7.46. The van der Waals surface area contributed by atoms with Crippen LogP contribution >= 0.6 is 0 Å². The summed E-state index contributed by atoms with van der Waals surface area (Å²) >= 11 is 0. The number of carbonyl (C=O) groups excluding carboxylic acids is 1. The summed E-state index contributed by atoms with van der Waals surface area (Å²) in [7, 11) is 0. The molecule has 0 aromatic heterocycles. The Morgan fingerprint density at radius 1 is 1.24 bits per heavy atom. The summed E-state index contributed by atoms with van der Waals surface area (Å²) in [5, 5.41) is 0. The van der Waals surface area contributed by atoms with E-state index in [1.165, 1.54) is 6.42 Å². The molecule has 0 bridgehead atoms. The molecule has 2 rings (SSSR count). The average Bonchev–Trinajstić information content (AvgIpc) is 2.30. The Morgan fingerprint density at radius 2 is 1.90 bits per heavy atom. The lowest BCUT2D eigenvalue weighted by Gasteiger charge is -2.38. The molecule has 1 fully saturated rings. The molecule has 0 saturated heterocycles. The van der Waals surface area contributed by atoms with Crippen molar-refractivity contribution in [1.82, 2.24) is 0 Å². The minimum atomic E-state index is -0.242. The van der Waals surface area contributed by atoms with Crippen LogP contribution < -0.4 is 5.73 Å². The molecule has 1 aromatic carbocycles. The van der Waals surface area contributed by atoms with Gasteiger partial charge < -0.3 is 10.5 Å². The van der Waals surface area contributed by atoms with E-state index in [1.54, 1.807) is 6.07 Å². The van der Waals surface area contributed by atoms with E-state index in [0.29, 0.717) is 17.2 Å². The Balaban J connectivity index is 2.13. The van der Waals surface area contributed by atoms with Crippen molar-refractivity contribution in [3.63, 3.8) is 0 Å². The monoisotopic (exact) mass is 289 g/mol. The van der Waals surface area contributed by atoms with E-state index in [0.717, 1.165) is 24.0 Å². The van der Waals surface area contributed by atoms with E-state index in [1.807, 2.05) is 19.9 Å². The molecule has 0 heterocycles. The van der Waals surface area contributed by atoms with Crippen molar-refractivity contribution in [3.05, 3.63) is 28.8 Å². The van der Waals surface area contributed by atoms with Crippen LogP contribution in [0.1, 0.15) is 61.5 Å². The number of carbonyl (C=O) groups is 1. The largest absolute Gasteiger partial charge is 0.459 e. The van der Waals surface area contributed by atoms with E-state index < -0.39 is 0 Å². The third kappa shape index (κ3) is 3.78. The van der Waals surface area contributed by atoms with Crippen molar-refractivity contribution < 1.29 is 9.53 Å². The predicted octanol–water partition coefficient (Wildman–Crippen LogP) is 4.26. The van der Waals surface area contributed by atoms with Crippen molar-refractivity contribution in [3.8, 4) is 0 Å². The van der Waals surface area contributed by atoms with Crippen molar-refractivity contribution >= 4 is 11.7 Å². The second-order valence-electron chi connectivity index (χ2n) is 7.46. The first-order valence-electron chi connectivity index (χ1n) is 7.75. The van der Waals surface area contributed by atoms with Gasteiger partial charge in [-0.3, -0.25) is 0 Å². The molecule has 0 aliphatic heterocycles. The highest BCUT2D eigenvalue weighted by Crippen LogP contribution is 2.40. The summed E-state index contributed by atoms with van der Waals surface area (Å²) < 4.78 is 5.76. The zero-order chi connectivity index (χ0) is 15.8. The molecule has 1 aliphatic rings. The molecule has 3 nitrogen and oxygen atoms in total. The minimum absolute atomic E-state index is 0.0122. The molecule has 1 saturated carbocycles. The number of aryl methyl sites for hydroxylation is 2. The van der Waals surface area contributed by atoms with Crippen LogP contribution in [0.15, 0.2) is 12.1 Å². The number of benzene rings is 1. The molecule has 116 valence electrons. The van der Waals surface area contributed by atoms with Gasteiger partial charge >= 0.3 is 5.97 Å². The zero-order valence-corrected chi connectivity index (χ0v) is 13.8. The smallest absolute Gasteiger partial charge is 0.338 e. The summed E-state index contributed by atoms with van der Waals surface area (Å²) in [4.78, 5) is 12.4. The fourth-order valence-electron chi connectivity index (χ4n) is 3.65. The maximum absolute atomic E-state index is 12.4. The number of nitrogens with two attached hydrogens (primary N) is 1. The molecule has 2 unspecified atom stereocenters. The van der Waals surface area contributed by atoms with Crippen LogP contribution in [0.5, 0.6) is 0 Å². The van der Waals surface area contributed by atoms with Crippen LogP contribution in [-0.2, 0) is 4.74 Å². The van der Waals surface area contributed by atoms with E-state index >= 15 is 0 Å². The van der Waals surface area contributed by atoms with Gasteiger partial charge in [-0.05, 0) is 61.6 Å². The third-order valence-electron chi connectivity index (χ3n) is 4.45. The second kappa shape index (κ2) is 5.70. The van der Waals surface area contributed by atoms with Gasteiger partial charge in [-0.25, -0.2) is 4.79 Å². The van der Waals surface area contributed by atoms with Gasteiger partial charge in [0, 0.05) is 5.69 Å². The molecule has 2 atom stereocenters. The topological polar surface area (TPSA) is 52.3 Å². The van der Waals surface area contributed by atoms with Gasteiger partial charge in [0.25, 0.3) is 0 Å². The molecular weight excluding hydrogens is 262 g/mol. The number of hydrogen-bond acceptors (Lipinski definition) is 3. The summed E-state index contributed by atoms with van der Waals surface area (Å²) in [6, 6.07) is 3.68. The first-order chi connectivity index (χ1) is 9.68. The van der Waals surface area contributed by atoms with Gasteiger partial charge in [-0.1, -0.05) is 26.8 Å². The van der Waals surface area contributed by atoms with Gasteiger partial charge in [0.1, 0.15) is 6.10 Å². The number of rotatable bonds is 2. The van der Waals surface area contributed by atoms with Crippen LogP contribution in [0.4, 0.5) is 5.69 Å². The van der Waals surface area contributed by atoms with E-state index in [4.69, 9.17) is 10.5 Å². The number of ether oxygens (including phenoxy) is 1. The first-order valence-corrected chi connectivity index (χ1v) is 7.75. The molecule has 0 amide bonds. The number of anilines is 1. The maximum atomic E-state index is 12.4. The Kier molecular flexibility index (Phi) is 4.31. The van der Waals surface area contributed by atoms with Crippen molar-refractivity contribution in [1.29, 1.82) is 0 Å². The lowest BCUT2D eigenvalue weighted by atomic mass is 9.71. The number of esters is 1. The maximum Gasteiger partial charge on any atom is 0.338 e. The summed E-state index contributed by atoms with van der Waals surface area (Å²) in [6.45, 7) is 10.6. The van der Waals surface area contributed by atoms with Crippen molar-refractivity contribution in [2.24, 2.45) is 11.3 Å². The molecule has 21 heavy (non-hydrogen) atoms. The number of hydrogen-bond donors (Lipinski definition) is 1. The molecule has 3 heteroatoms. The van der Waals surface area contributed by atoms with Crippen LogP contribution in [0.3, 0.4) is 0 Å². The lowest BCUT2D eigenvalue weighted by molar-refractivity contribution is -0.00719. The predicted molar refractivity (Wildman–Crippen MR) is 86.3 cm³/mol. The Labute approximate surface area is 127 Å². The first kappa shape index (κ1) is 15.9. The van der Waals surface area contributed by atoms with Crippen LogP contribution in [0.2, 0.25) is 0 Å². The van der Waals surface area contributed by atoms with Crippen molar-refractivity contribution in [2.45, 2.75) is 60.0 Å². The zero-order valence-electron chi connectivity index (χ0n) is 13.8. The fourth-order valence-corrected chi connectivity index (χ4v) is 3.65. The highest BCUT2D eigenvalue weighted by molar-refractivity contribution is 5.92. The van der Waals surface area contributed by atoms with Crippen molar-refractivity contribution in [2.75, 3.05) is 5.73 Å². The number of nitrogen functional groups attached to an aromatic ring is 1. The Morgan fingerprint density at radius 3 is 2.52 bits per heavy atom. The van der Waals surface area contributed by atoms with Crippen LogP contribution in [0.25, 0.3) is 0 Å². The standard InChI is InChI=1S/C18H27NO2/c1-11-6-14(10-18(4,5)9-11)21-17(20)15-8-16(19)13(3)7-12(15)2/h7-8,11,14H,6,9-10,19H2,1-5H3. The minimum Gasteiger partial charge on any atom is -0.459 e. The van der Waals surface area contributed by atoms with Crippen LogP contribution in [-0.4, -0.2) is 12.1 Å². The van der Waals surface area contributed by atoms with E-state index in [-0.39, 0.29) is 17.5 Å². The van der Waals surface area contributed by atoms with Gasteiger partial charge in [-0.15, -0.1) is 0 Å². The molecular formula is C18H27NO2. The molecule has 1 aromatic rings. The van der Waals surface area contributed by atoms with Crippen LogP contribution in [0, 0.1) is 25.2 Å². The van der Waals surface area contributed by atoms with Gasteiger partial charge in [0.15, 0.2) is 0 Å². The van der Waals surface area contributed by atoms with E-state index in [9.17, 15) is 4.79 Å². The third-order valence-corrected chi connectivity index (χ3v) is 4.45. The lowest BCUT2D eigenvalue weighted by Crippen LogP contribution is -2.34. The molecule has 1 aliphatic carbocycles. The molecule has 0 spiro atoms. The quantitative estimate of drug-likeness (QED) is 0.654. The highest BCUT2D eigenvalue weighted by Gasteiger charge is 2.34. The molecule has 0 radical (unpaired) electrons. The average molecular weight is 289 g/mol. The Bertz CT molecular complexity index is 548. The van der Waals surface area contributed by atoms with Gasteiger partial charge in [0.05, 0.1) is 5.56 Å². The summed E-state index contributed by atoms with van der Waals surface area (Å²) in [6.07, 6.45) is 3.09. The summed E-state index contributed by atoms with van der Waals surface area (Å²) in [5.41, 5.74) is 9.32. The van der Waals surface area contributed by atoms with Gasteiger partial charge in [0.2, 0.25) is 0 Å². The normalized spacial score (nSPS) is 24.6. The van der Waals surface area contributed by atoms with Gasteiger partial charge in [-0.2, -0.15) is 0 Å². The molecule has 2 N–H and O–H groups in total. The summed E-state index contributed by atoms with van der Waals surface area (Å²) in [5.74, 6) is 0.352. The highest BCUT2D eigenvalue weighted by atomic mass is 16.5. The SMILES string of the molecule is Cc1cc(C)c(C(=O)OC2CC(C)CC(C)(C)C2)cc1N. The van der Waals surface area contributed by atoms with E-state index in [2.05, 4.69) is 20.8 Å². The Hall–Kier alpha value is -1.51. The fraction of sp³-hybridized carbons (Fsp3) is 0.611.